The van der Waals surface area contributed by atoms with E-state index < -0.39 is 4.92 Å². The number of rotatable bonds is 5. The van der Waals surface area contributed by atoms with Gasteiger partial charge in [0.2, 0.25) is 5.91 Å². The molecule has 0 unspecified atom stereocenters. The molecular formula is C15H13BrN2O3S. The Labute approximate surface area is 140 Å². The lowest BCUT2D eigenvalue weighted by Crippen LogP contribution is -2.15. The molecular weight excluding hydrogens is 368 g/mol. The molecule has 0 aromatic heterocycles. The van der Waals surface area contributed by atoms with E-state index in [2.05, 4.69) is 21.2 Å². The van der Waals surface area contributed by atoms with Crippen molar-refractivity contribution >= 4 is 45.0 Å². The third kappa shape index (κ3) is 4.32. The number of anilines is 1. The molecule has 0 spiro atoms. The highest BCUT2D eigenvalue weighted by Gasteiger charge is 2.14. The number of nitro benzene ring substituents is 1. The molecule has 0 saturated carbocycles. The highest BCUT2D eigenvalue weighted by Crippen LogP contribution is 2.26. The highest BCUT2D eigenvalue weighted by molar-refractivity contribution is 9.10. The average molecular weight is 381 g/mol. The predicted molar refractivity (Wildman–Crippen MR) is 91.3 cm³/mol. The fourth-order valence-electron chi connectivity index (χ4n) is 1.82. The van der Waals surface area contributed by atoms with Crippen LogP contribution in [0, 0.1) is 17.0 Å². The zero-order chi connectivity index (χ0) is 16.1. The maximum Gasteiger partial charge on any atom is 0.274 e. The fraction of sp³-hybridized carbons (Fsp3) is 0.133. The van der Waals surface area contributed by atoms with Crippen molar-refractivity contribution in [2.24, 2.45) is 0 Å². The first-order valence-electron chi connectivity index (χ1n) is 6.39. The minimum Gasteiger partial charge on any atom is -0.325 e. The van der Waals surface area contributed by atoms with Gasteiger partial charge in [-0.05, 0) is 37.3 Å². The standard InChI is InChI=1S/C15H13BrN2O3S/c1-10-13(3-2-4-14(10)18(20)21)17-15(19)9-22-12-7-5-11(16)6-8-12/h2-8H,9H2,1H3,(H,17,19). The quantitative estimate of drug-likeness (QED) is 0.474. The molecule has 2 rings (SSSR count). The number of thioether (sulfide) groups is 1. The topological polar surface area (TPSA) is 72.2 Å². The molecule has 0 radical (unpaired) electrons. The van der Waals surface area contributed by atoms with E-state index in [9.17, 15) is 14.9 Å². The Bertz CT molecular complexity index is 704. The van der Waals surface area contributed by atoms with Gasteiger partial charge < -0.3 is 5.32 Å². The molecule has 0 atom stereocenters. The van der Waals surface area contributed by atoms with Gasteiger partial charge in [-0.25, -0.2) is 0 Å². The van der Waals surface area contributed by atoms with E-state index in [-0.39, 0.29) is 17.3 Å². The largest absolute Gasteiger partial charge is 0.325 e. The van der Waals surface area contributed by atoms with Gasteiger partial charge in [-0.2, -0.15) is 0 Å². The van der Waals surface area contributed by atoms with Crippen LogP contribution in [0.25, 0.3) is 0 Å². The Balaban J connectivity index is 1.99. The number of benzene rings is 2. The molecule has 5 nitrogen and oxygen atoms in total. The molecule has 0 fully saturated rings. The first-order valence-corrected chi connectivity index (χ1v) is 8.17. The lowest BCUT2D eigenvalue weighted by molar-refractivity contribution is -0.385. The van der Waals surface area contributed by atoms with E-state index in [0.717, 1.165) is 9.37 Å². The second kappa shape index (κ2) is 7.42. The first-order chi connectivity index (χ1) is 10.5. The van der Waals surface area contributed by atoms with Crippen molar-refractivity contribution in [3.05, 3.63) is 62.6 Å². The van der Waals surface area contributed by atoms with Gasteiger partial charge in [0.25, 0.3) is 5.69 Å². The summed E-state index contributed by atoms with van der Waals surface area (Å²) in [6, 6.07) is 12.3. The Morgan fingerprint density at radius 3 is 2.59 bits per heavy atom. The summed E-state index contributed by atoms with van der Waals surface area (Å²) in [5.74, 6) is 0.0422. The molecule has 0 aliphatic heterocycles. The van der Waals surface area contributed by atoms with Crippen LogP contribution in [-0.2, 0) is 4.79 Å². The summed E-state index contributed by atoms with van der Waals surface area (Å²) in [4.78, 5) is 23.4. The molecule has 0 aliphatic rings. The van der Waals surface area contributed by atoms with Gasteiger partial charge in [0.15, 0.2) is 0 Å². The maximum atomic E-state index is 12.0. The molecule has 114 valence electrons. The summed E-state index contributed by atoms with van der Waals surface area (Å²) >= 11 is 4.76. The summed E-state index contributed by atoms with van der Waals surface area (Å²) in [6.45, 7) is 1.62. The molecule has 2 aromatic rings. The molecule has 1 N–H and O–H groups in total. The Hall–Kier alpha value is -1.86. The van der Waals surface area contributed by atoms with E-state index in [1.54, 1.807) is 19.1 Å². The van der Waals surface area contributed by atoms with Crippen molar-refractivity contribution in [3.8, 4) is 0 Å². The minimum absolute atomic E-state index is 0.00152. The smallest absolute Gasteiger partial charge is 0.274 e. The first kappa shape index (κ1) is 16.5. The van der Waals surface area contributed by atoms with Crippen LogP contribution >= 0.6 is 27.7 Å². The molecule has 0 heterocycles. The van der Waals surface area contributed by atoms with Crippen LogP contribution in [0.3, 0.4) is 0 Å². The number of hydrogen-bond donors (Lipinski definition) is 1. The Morgan fingerprint density at radius 1 is 1.27 bits per heavy atom. The number of nitro groups is 1. The SMILES string of the molecule is Cc1c(NC(=O)CSc2ccc(Br)cc2)cccc1[N+](=O)[O-]. The summed E-state index contributed by atoms with van der Waals surface area (Å²) in [6.07, 6.45) is 0. The van der Waals surface area contributed by atoms with Crippen LogP contribution in [0.1, 0.15) is 5.56 Å². The van der Waals surface area contributed by atoms with Crippen molar-refractivity contribution in [1.82, 2.24) is 0 Å². The Kier molecular flexibility index (Phi) is 5.57. The van der Waals surface area contributed by atoms with Crippen molar-refractivity contribution in [2.75, 3.05) is 11.1 Å². The van der Waals surface area contributed by atoms with Gasteiger partial charge in [0, 0.05) is 15.4 Å². The van der Waals surface area contributed by atoms with E-state index >= 15 is 0 Å². The third-order valence-electron chi connectivity index (χ3n) is 2.96. The van der Waals surface area contributed by atoms with Crippen molar-refractivity contribution in [1.29, 1.82) is 0 Å². The molecule has 1 amide bonds. The maximum absolute atomic E-state index is 12.0. The van der Waals surface area contributed by atoms with Crippen LogP contribution in [0.15, 0.2) is 51.8 Å². The zero-order valence-electron chi connectivity index (χ0n) is 11.7. The summed E-state index contributed by atoms with van der Waals surface area (Å²) in [7, 11) is 0. The lowest BCUT2D eigenvalue weighted by Gasteiger charge is -2.08. The molecule has 0 bridgehead atoms. The summed E-state index contributed by atoms with van der Waals surface area (Å²) in [5.41, 5.74) is 0.920. The zero-order valence-corrected chi connectivity index (χ0v) is 14.1. The van der Waals surface area contributed by atoms with Gasteiger partial charge in [-0.15, -0.1) is 11.8 Å². The summed E-state index contributed by atoms with van der Waals surface area (Å²) < 4.78 is 0.980. The van der Waals surface area contributed by atoms with Crippen molar-refractivity contribution in [2.45, 2.75) is 11.8 Å². The molecule has 0 saturated heterocycles. The number of amides is 1. The average Bonchev–Trinajstić information content (AvgIpc) is 2.48. The van der Waals surface area contributed by atoms with Crippen LogP contribution in [0.4, 0.5) is 11.4 Å². The van der Waals surface area contributed by atoms with E-state index in [0.29, 0.717) is 11.3 Å². The lowest BCUT2D eigenvalue weighted by atomic mass is 10.1. The molecule has 7 heteroatoms. The molecule has 2 aromatic carbocycles. The van der Waals surface area contributed by atoms with Crippen LogP contribution < -0.4 is 5.32 Å². The van der Waals surface area contributed by atoms with Crippen LogP contribution in [0.2, 0.25) is 0 Å². The third-order valence-corrected chi connectivity index (χ3v) is 4.50. The number of carbonyl (C=O) groups excluding carboxylic acids is 1. The number of carbonyl (C=O) groups is 1. The second-order valence-corrected chi connectivity index (χ2v) is 6.46. The van der Waals surface area contributed by atoms with Gasteiger partial charge in [-0.3, -0.25) is 14.9 Å². The van der Waals surface area contributed by atoms with E-state index in [1.165, 1.54) is 17.8 Å². The predicted octanol–water partition coefficient (Wildman–Crippen LogP) is 4.40. The second-order valence-electron chi connectivity index (χ2n) is 4.50. The van der Waals surface area contributed by atoms with Crippen molar-refractivity contribution in [3.63, 3.8) is 0 Å². The van der Waals surface area contributed by atoms with Gasteiger partial charge in [-0.1, -0.05) is 22.0 Å². The number of hydrogen-bond acceptors (Lipinski definition) is 4. The highest BCUT2D eigenvalue weighted by atomic mass is 79.9. The number of nitrogens with zero attached hydrogens (tertiary/aromatic N) is 1. The Morgan fingerprint density at radius 2 is 1.95 bits per heavy atom. The minimum atomic E-state index is -0.457. The monoisotopic (exact) mass is 380 g/mol. The van der Waals surface area contributed by atoms with Gasteiger partial charge in [0.1, 0.15) is 0 Å². The van der Waals surface area contributed by atoms with Gasteiger partial charge in [0.05, 0.1) is 21.9 Å². The van der Waals surface area contributed by atoms with E-state index in [1.807, 2.05) is 24.3 Å². The van der Waals surface area contributed by atoms with Gasteiger partial charge >= 0.3 is 0 Å². The number of halogens is 1. The van der Waals surface area contributed by atoms with Crippen LogP contribution in [0.5, 0.6) is 0 Å². The molecule has 0 aliphatic carbocycles. The fourth-order valence-corrected chi connectivity index (χ4v) is 2.79. The number of nitrogens with one attached hydrogen (secondary N) is 1. The van der Waals surface area contributed by atoms with Crippen LogP contribution in [-0.4, -0.2) is 16.6 Å². The van der Waals surface area contributed by atoms with Crippen molar-refractivity contribution < 1.29 is 9.72 Å². The summed E-state index contributed by atoms with van der Waals surface area (Å²) in [5, 5.41) is 13.6. The normalized spacial score (nSPS) is 10.3. The molecule has 22 heavy (non-hydrogen) atoms. The van der Waals surface area contributed by atoms with E-state index in [4.69, 9.17) is 0 Å².